The van der Waals surface area contributed by atoms with Crippen molar-refractivity contribution in [2.75, 3.05) is 0 Å². The summed E-state index contributed by atoms with van der Waals surface area (Å²) in [4.78, 5) is 2.34. The molecule has 0 saturated heterocycles. The van der Waals surface area contributed by atoms with E-state index in [1.54, 1.807) is 17.4 Å². The van der Waals surface area contributed by atoms with Crippen LogP contribution in [0.1, 0.15) is 28.3 Å². The van der Waals surface area contributed by atoms with Crippen molar-refractivity contribution in [1.29, 1.82) is 0 Å². The van der Waals surface area contributed by atoms with Crippen LogP contribution in [0.5, 0.6) is 0 Å². The molecule has 0 bridgehead atoms. The average Bonchev–Trinajstić information content (AvgIpc) is 2.76. The quantitative estimate of drug-likeness (QED) is 0.890. The summed E-state index contributed by atoms with van der Waals surface area (Å²) in [7, 11) is 0. The summed E-state index contributed by atoms with van der Waals surface area (Å²) in [6, 6.07) is 8.12. The van der Waals surface area contributed by atoms with Crippen LogP contribution in [0.15, 0.2) is 30.3 Å². The number of nitrogens with two attached hydrogens (primary N) is 1. The lowest BCUT2D eigenvalue weighted by Crippen LogP contribution is -2.10. The first-order valence-electron chi connectivity index (χ1n) is 5.41. The molecule has 0 aliphatic heterocycles. The van der Waals surface area contributed by atoms with Crippen LogP contribution in [0.4, 0.5) is 4.39 Å². The van der Waals surface area contributed by atoms with E-state index in [1.165, 1.54) is 17.0 Å². The van der Waals surface area contributed by atoms with Gasteiger partial charge in [-0.2, -0.15) is 0 Å². The van der Waals surface area contributed by atoms with Crippen LogP contribution >= 0.6 is 22.9 Å². The van der Waals surface area contributed by atoms with Gasteiger partial charge in [0.2, 0.25) is 0 Å². The standard InChI is InChI=1S/C13H13ClFNS/c1-2-9-4-6-12(17-9)13(16)10-5-3-8(15)7-11(10)14/h3-7,13H,2,16H2,1H3. The highest BCUT2D eigenvalue weighted by Crippen LogP contribution is 2.31. The molecule has 1 atom stereocenters. The van der Waals surface area contributed by atoms with Crippen LogP contribution in [0.25, 0.3) is 0 Å². The Morgan fingerprint density at radius 1 is 1.35 bits per heavy atom. The summed E-state index contributed by atoms with van der Waals surface area (Å²) >= 11 is 7.67. The van der Waals surface area contributed by atoms with Crippen LogP contribution in [-0.4, -0.2) is 0 Å². The van der Waals surface area contributed by atoms with E-state index in [9.17, 15) is 4.39 Å². The van der Waals surface area contributed by atoms with Gasteiger partial charge in [-0.3, -0.25) is 0 Å². The highest BCUT2D eigenvalue weighted by molar-refractivity contribution is 7.12. The largest absolute Gasteiger partial charge is 0.320 e. The molecule has 17 heavy (non-hydrogen) atoms. The van der Waals surface area contributed by atoms with Gasteiger partial charge in [0.15, 0.2) is 0 Å². The van der Waals surface area contributed by atoms with Crippen LogP contribution in [0, 0.1) is 5.82 Å². The summed E-state index contributed by atoms with van der Waals surface area (Å²) in [5.41, 5.74) is 6.90. The maximum atomic E-state index is 12.9. The van der Waals surface area contributed by atoms with Gasteiger partial charge in [0.05, 0.1) is 6.04 Å². The van der Waals surface area contributed by atoms with Crippen molar-refractivity contribution in [2.24, 2.45) is 5.73 Å². The molecule has 0 aliphatic carbocycles. The predicted molar refractivity (Wildman–Crippen MR) is 71.1 cm³/mol. The molecule has 2 rings (SSSR count). The van der Waals surface area contributed by atoms with Crippen molar-refractivity contribution >= 4 is 22.9 Å². The lowest BCUT2D eigenvalue weighted by atomic mass is 10.1. The Balaban J connectivity index is 2.33. The number of rotatable bonds is 3. The second-order valence-corrected chi connectivity index (χ2v) is 5.41. The summed E-state index contributed by atoms with van der Waals surface area (Å²) < 4.78 is 12.9. The molecule has 4 heteroatoms. The zero-order chi connectivity index (χ0) is 12.4. The third kappa shape index (κ3) is 2.68. The van der Waals surface area contributed by atoms with Gasteiger partial charge in [-0.1, -0.05) is 24.6 Å². The van der Waals surface area contributed by atoms with Gasteiger partial charge in [-0.15, -0.1) is 11.3 Å². The number of hydrogen-bond acceptors (Lipinski definition) is 2. The van der Waals surface area contributed by atoms with E-state index in [4.69, 9.17) is 17.3 Å². The first kappa shape index (κ1) is 12.6. The molecule has 1 aromatic heterocycles. The molecule has 0 amide bonds. The molecule has 1 unspecified atom stereocenters. The molecule has 1 heterocycles. The summed E-state index contributed by atoms with van der Waals surface area (Å²) in [5, 5.41) is 0.379. The third-order valence-corrected chi connectivity index (χ3v) is 4.27. The van der Waals surface area contributed by atoms with Crippen LogP contribution in [0.2, 0.25) is 5.02 Å². The molecule has 1 nitrogen and oxygen atoms in total. The topological polar surface area (TPSA) is 26.0 Å². The maximum absolute atomic E-state index is 12.9. The Morgan fingerprint density at radius 2 is 2.12 bits per heavy atom. The van der Waals surface area contributed by atoms with Gasteiger partial charge in [-0.25, -0.2) is 4.39 Å². The second kappa shape index (κ2) is 5.17. The number of thiophene rings is 1. The Hall–Kier alpha value is -0.900. The molecule has 0 spiro atoms. The first-order valence-corrected chi connectivity index (χ1v) is 6.60. The summed E-state index contributed by atoms with van der Waals surface area (Å²) in [5.74, 6) is -0.341. The van der Waals surface area contributed by atoms with Crippen molar-refractivity contribution in [3.05, 3.63) is 56.5 Å². The van der Waals surface area contributed by atoms with Crippen molar-refractivity contribution in [3.8, 4) is 0 Å². The lowest BCUT2D eigenvalue weighted by molar-refractivity contribution is 0.626. The molecular formula is C13H13ClFNS. The Bertz CT molecular complexity index is 524. The highest BCUT2D eigenvalue weighted by Gasteiger charge is 2.14. The fourth-order valence-corrected chi connectivity index (χ4v) is 2.92. The minimum absolute atomic E-state index is 0.284. The molecule has 90 valence electrons. The lowest BCUT2D eigenvalue weighted by Gasteiger charge is -2.11. The molecule has 0 radical (unpaired) electrons. The molecule has 0 aliphatic rings. The Labute approximate surface area is 109 Å². The van der Waals surface area contributed by atoms with Crippen LogP contribution in [0.3, 0.4) is 0 Å². The van der Waals surface area contributed by atoms with E-state index < -0.39 is 0 Å². The molecule has 1 aromatic carbocycles. The Kier molecular flexibility index (Phi) is 3.82. The normalized spacial score (nSPS) is 12.7. The first-order chi connectivity index (χ1) is 8.11. The van der Waals surface area contributed by atoms with E-state index in [2.05, 4.69) is 13.0 Å². The zero-order valence-corrected chi connectivity index (χ0v) is 11.0. The summed E-state index contributed by atoms with van der Waals surface area (Å²) in [6.07, 6.45) is 0.995. The number of hydrogen-bond donors (Lipinski definition) is 1. The molecule has 2 aromatic rings. The molecular weight excluding hydrogens is 257 g/mol. The maximum Gasteiger partial charge on any atom is 0.124 e. The minimum atomic E-state index is -0.341. The predicted octanol–water partition coefficient (Wildman–Crippen LogP) is 4.15. The van der Waals surface area contributed by atoms with Crippen molar-refractivity contribution in [1.82, 2.24) is 0 Å². The average molecular weight is 270 g/mol. The Morgan fingerprint density at radius 3 is 2.71 bits per heavy atom. The van der Waals surface area contributed by atoms with Crippen molar-refractivity contribution in [2.45, 2.75) is 19.4 Å². The van der Waals surface area contributed by atoms with Gasteiger partial charge < -0.3 is 5.73 Å². The smallest absolute Gasteiger partial charge is 0.124 e. The van der Waals surface area contributed by atoms with E-state index in [0.29, 0.717) is 5.02 Å². The van der Waals surface area contributed by atoms with Crippen LogP contribution < -0.4 is 5.73 Å². The minimum Gasteiger partial charge on any atom is -0.320 e. The number of benzene rings is 1. The van der Waals surface area contributed by atoms with Gasteiger partial charge >= 0.3 is 0 Å². The fourth-order valence-electron chi connectivity index (χ4n) is 1.66. The van der Waals surface area contributed by atoms with Gasteiger partial charge in [0.25, 0.3) is 0 Å². The third-order valence-electron chi connectivity index (χ3n) is 2.63. The molecule has 0 fully saturated rings. The molecule has 2 N–H and O–H groups in total. The second-order valence-electron chi connectivity index (χ2n) is 3.80. The van der Waals surface area contributed by atoms with E-state index >= 15 is 0 Å². The summed E-state index contributed by atoms with van der Waals surface area (Å²) in [6.45, 7) is 2.10. The van der Waals surface area contributed by atoms with Crippen molar-refractivity contribution in [3.63, 3.8) is 0 Å². The monoisotopic (exact) mass is 269 g/mol. The van der Waals surface area contributed by atoms with Crippen molar-refractivity contribution < 1.29 is 4.39 Å². The van der Waals surface area contributed by atoms with E-state index in [0.717, 1.165) is 16.9 Å². The van der Waals surface area contributed by atoms with Gasteiger partial charge in [-0.05, 0) is 36.2 Å². The van der Waals surface area contributed by atoms with E-state index in [-0.39, 0.29) is 11.9 Å². The van der Waals surface area contributed by atoms with E-state index in [1.807, 2.05) is 6.07 Å². The van der Waals surface area contributed by atoms with Crippen LogP contribution in [-0.2, 0) is 6.42 Å². The zero-order valence-electron chi connectivity index (χ0n) is 9.41. The van der Waals surface area contributed by atoms with Gasteiger partial charge in [0, 0.05) is 14.8 Å². The number of halogens is 2. The SMILES string of the molecule is CCc1ccc(C(N)c2ccc(F)cc2Cl)s1. The number of aryl methyl sites for hydroxylation is 1. The molecule has 0 saturated carbocycles. The van der Waals surface area contributed by atoms with Gasteiger partial charge in [0.1, 0.15) is 5.82 Å². The highest BCUT2D eigenvalue weighted by atomic mass is 35.5. The fraction of sp³-hybridized carbons (Fsp3) is 0.231.